The van der Waals surface area contributed by atoms with E-state index in [0.717, 1.165) is 16.6 Å². The van der Waals surface area contributed by atoms with Crippen molar-refractivity contribution in [3.8, 4) is 11.5 Å². The predicted molar refractivity (Wildman–Crippen MR) is 110 cm³/mol. The number of carbonyl (C=O) groups excluding carboxylic acids is 1. The van der Waals surface area contributed by atoms with Crippen LogP contribution in [0.4, 0.5) is 0 Å². The van der Waals surface area contributed by atoms with Gasteiger partial charge in [-0.05, 0) is 43.2 Å². The maximum atomic E-state index is 12.2. The molecule has 0 radical (unpaired) electrons. The summed E-state index contributed by atoms with van der Waals surface area (Å²) < 4.78 is 11.0. The van der Waals surface area contributed by atoms with E-state index in [1.807, 2.05) is 25.1 Å². The summed E-state index contributed by atoms with van der Waals surface area (Å²) >= 11 is 0. The van der Waals surface area contributed by atoms with E-state index in [4.69, 9.17) is 9.15 Å². The van der Waals surface area contributed by atoms with Gasteiger partial charge in [-0.1, -0.05) is 42.5 Å². The highest BCUT2D eigenvalue weighted by molar-refractivity contribution is 5.92. The lowest BCUT2D eigenvalue weighted by molar-refractivity contribution is 0.0525. The van der Waals surface area contributed by atoms with Gasteiger partial charge in [0.15, 0.2) is 0 Å². The highest BCUT2D eigenvalue weighted by Gasteiger charge is 2.19. The molecule has 0 aliphatic carbocycles. The molecule has 0 aliphatic heterocycles. The molecule has 0 unspecified atom stereocenters. The summed E-state index contributed by atoms with van der Waals surface area (Å²) in [4.78, 5) is 16.7. The number of rotatable bonds is 5. The number of hydrogen-bond acceptors (Lipinski definition) is 6. The maximum absolute atomic E-state index is 12.2. The second-order valence-electron chi connectivity index (χ2n) is 6.79. The Labute approximate surface area is 168 Å². The maximum Gasteiger partial charge on any atom is 0.339 e. The standard InChI is InChI=1S/C23H21N3O3/c1-4-28-23(27)20-13-19(14(2)24-15(20)3)22-26-25-21(29-22)12-17-10-7-9-16-8-5-6-11-18(16)17/h5-11,13H,4,12H2,1-3H3. The Morgan fingerprint density at radius 1 is 1.03 bits per heavy atom. The third-order valence-electron chi connectivity index (χ3n) is 4.82. The van der Waals surface area contributed by atoms with Crippen molar-refractivity contribution < 1.29 is 13.9 Å². The Morgan fingerprint density at radius 3 is 2.66 bits per heavy atom. The number of aromatic nitrogens is 3. The number of ether oxygens (including phenoxy) is 1. The normalized spacial score (nSPS) is 11.0. The number of benzene rings is 2. The fourth-order valence-electron chi connectivity index (χ4n) is 3.40. The first-order valence-electron chi connectivity index (χ1n) is 9.51. The van der Waals surface area contributed by atoms with Gasteiger partial charge in [-0.2, -0.15) is 0 Å². The Balaban J connectivity index is 1.67. The van der Waals surface area contributed by atoms with Crippen molar-refractivity contribution in [2.75, 3.05) is 6.61 Å². The van der Waals surface area contributed by atoms with Crippen LogP contribution in [0.2, 0.25) is 0 Å². The number of carbonyl (C=O) groups is 1. The van der Waals surface area contributed by atoms with Gasteiger partial charge in [-0.3, -0.25) is 4.98 Å². The molecule has 29 heavy (non-hydrogen) atoms. The van der Waals surface area contributed by atoms with Crippen LogP contribution in [0, 0.1) is 13.8 Å². The first kappa shape index (κ1) is 18.8. The summed E-state index contributed by atoms with van der Waals surface area (Å²) in [5, 5.41) is 10.7. The van der Waals surface area contributed by atoms with Gasteiger partial charge in [-0.15, -0.1) is 10.2 Å². The third-order valence-corrected chi connectivity index (χ3v) is 4.82. The van der Waals surface area contributed by atoms with E-state index in [2.05, 4.69) is 39.4 Å². The van der Waals surface area contributed by atoms with Crippen LogP contribution in [-0.2, 0) is 11.2 Å². The molecule has 0 amide bonds. The second-order valence-corrected chi connectivity index (χ2v) is 6.79. The third kappa shape index (κ3) is 3.74. The van der Waals surface area contributed by atoms with E-state index in [1.165, 1.54) is 5.39 Å². The lowest BCUT2D eigenvalue weighted by Gasteiger charge is -2.08. The van der Waals surface area contributed by atoms with Crippen LogP contribution in [0.3, 0.4) is 0 Å². The zero-order chi connectivity index (χ0) is 20.4. The minimum atomic E-state index is -0.408. The molecule has 4 aromatic rings. The highest BCUT2D eigenvalue weighted by atomic mass is 16.5. The molecular weight excluding hydrogens is 366 g/mol. The molecule has 146 valence electrons. The van der Waals surface area contributed by atoms with E-state index >= 15 is 0 Å². The zero-order valence-electron chi connectivity index (χ0n) is 16.6. The van der Waals surface area contributed by atoms with Gasteiger partial charge in [0, 0.05) is 0 Å². The largest absolute Gasteiger partial charge is 0.462 e. The van der Waals surface area contributed by atoms with E-state index < -0.39 is 5.97 Å². The molecule has 0 bridgehead atoms. The lowest BCUT2D eigenvalue weighted by atomic mass is 10.0. The fourth-order valence-corrected chi connectivity index (χ4v) is 3.40. The number of aryl methyl sites for hydroxylation is 2. The molecule has 6 nitrogen and oxygen atoms in total. The first-order valence-corrected chi connectivity index (χ1v) is 9.51. The Kier molecular flexibility index (Phi) is 5.08. The van der Waals surface area contributed by atoms with Gasteiger partial charge in [0.25, 0.3) is 0 Å². The summed E-state index contributed by atoms with van der Waals surface area (Å²) in [6.07, 6.45) is 0.525. The first-order chi connectivity index (χ1) is 14.1. The molecule has 2 heterocycles. The van der Waals surface area contributed by atoms with Crippen molar-refractivity contribution in [3.05, 3.63) is 76.9 Å². The summed E-state index contributed by atoms with van der Waals surface area (Å²) in [5.74, 6) is 0.444. The van der Waals surface area contributed by atoms with Crippen LogP contribution in [-0.4, -0.2) is 27.8 Å². The van der Waals surface area contributed by atoms with Crippen molar-refractivity contribution in [1.29, 1.82) is 0 Å². The molecule has 4 rings (SSSR count). The highest BCUT2D eigenvalue weighted by Crippen LogP contribution is 2.26. The van der Waals surface area contributed by atoms with E-state index in [1.54, 1.807) is 19.9 Å². The van der Waals surface area contributed by atoms with Gasteiger partial charge in [-0.25, -0.2) is 4.79 Å². The minimum absolute atomic E-state index is 0.303. The van der Waals surface area contributed by atoms with Gasteiger partial charge in [0.1, 0.15) is 0 Å². The number of fused-ring (bicyclic) bond motifs is 1. The molecular formula is C23H21N3O3. The van der Waals surface area contributed by atoms with E-state index in [-0.39, 0.29) is 0 Å². The Hall–Kier alpha value is -3.54. The Morgan fingerprint density at radius 2 is 1.83 bits per heavy atom. The van der Waals surface area contributed by atoms with Crippen molar-refractivity contribution in [1.82, 2.24) is 15.2 Å². The van der Waals surface area contributed by atoms with Crippen molar-refractivity contribution in [3.63, 3.8) is 0 Å². The second kappa shape index (κ2) is 7.83. The van der Waals surface area contributed by atoms with Gasteiger partial charge in [0.2, 0.25) is 11.8 Å². The molecule has 6 heteroatoms. The molecule has 0 aliphatic rings. The molecule has 0 spiro atoms. The number of esters is 1. The van der Waals surface area contributed by atoms with Crippen LogP contribution in [0.5, 0.6) is 0 Å². The van der Waals surface area contributed by atoms with Gasteiger partial charge < -0.3 is 9.15 Å². The molecule has 2 aromatic heterocycles. The molecule has 0 saturated carbocycles. The monoisotopic (exact) mass is 387 g/mol. The zero-order valence-corrected chi connectivity index (χ0v) is 16.6. The molecule has 0 saturated heterocycles. The SMILES string of the molecule is CCOC(=O)c1cc(-c2nnc(Cc3cccc4ccccc34)o2)c(C)nc1C. The predicted octanol–water partition coefficient (Wildman–Crippen LogP) is 4.67. The van der Waals surface area contributed by atoms with Crippen molar-refractivity contribution in [2.45, 2.75) is 27.2 Å². The summed E-state index contributed by atoms with van der Waals surface area (Å²) in [7, 11) is 0. The van der Waals surface area contributed by atoms with Gasteiger partial charge >= 0.3 is 5.97 Å². The van der Waals surface area contributed by atoms with E-state index in [0.29, 0.717) is 41.6 Å². The summed E-state index contributed by atoms with van der Waals surface area (Å²) in [6, 6.07) is 16.1. The topological polar surface area (TPSA) is 78.1 Å². The lowest BCUT2D eigenvalue weighted by Crippen LogP contribution is -2.09. The number of nitrogens with zero attached hydrogens (tertiary/aromatic N) is 3. The molecule has 0 fully saturated rings. The smallest absolute Gasteiger partial charge is 0.339 e. The number of pyridine rings is 1. The summed E-state index contributed by atoms with van der Waals surface area (Å²) in [6.45, 7) is 5.71. The Bertz CT molecular complexity index is 1190. The van der Waals surface area contributed by atoms with Crippen LogP contribution in [0.25, 0.3) is 22.2 Å². The van der Waals surface area contributed by atoms with Crippen molar-refractivity contribution in [2.24, 2.45) is 0 Å². The average Bonchev–Trinajstić information content (AvgIpc) is 3.17. The van der Waals surface area contributed by atoms with Crippen molar-refractivity contribution >= 4 is 16.7 Å². The van der Waals surface area contributed by atoms with E-state index in [9.17, 15) is 4.79 Å². The summed E-state index contributed by atoms with van der Waals surface area (Å²) in [5.41, 5.74) is 3.48. The van der Waals surface area contributed by atoms with Crippen LogP contribution in [0.1, 0.15) is 40.1 Å². The minimum Gasteiger partial charge on any atom is -0.462 e. The van der Waals surface area contributed by atoms with Crippen LogP contribution in [0.15, 0.2) is 52.9 Å². The molecule has 0 N–H and O–H groups in total. The number of hydrogen-bond donors (Lipinski definition) is 0. The van der Waals surface area contributed by atoms with Crippen LogP contribution < -0.4 is 0 Å². The fraction of sp³-hybridized carbons (Fsp3) is 0.217. The molecule has 2 aromatic carbocycles. The van der Waals surface area contributed by atoms with Crippen LogP contribution >= 0.6 is 0 Å². The van der Waals surface area contributed by atoms with Gasteiger partial charge in [0.05, 0.1) is 35.5 Å². The quantitative estimate of drug-likeness (QED) is 0.463. The average molecular weight is 387 g/mol. The molecule has 0 atom stereocenters.